The SMILES string of the molecule is COc1cccc(C(O)c2cc(OC)c(OC)cc2Cl)c1. The Hall–Kier alpha value is -1.91. The van der Waals surface area contributed by atoms with Gasteiger partial charge in [0, 0.05) is 11.6 Å². The molecule has 0 saturated heterocycles. The molecule has 0 amide bonds. The molecule has 0 aliphatic heterocycles. The zero-order valence-electron chi connectivity index (χ0n) is 12.1. The van der Waals surface area contributed by atoms with Gasteiger partial charge in [0.05, 0.1) is 26.4 Å². The molecular formula is C16H17ClO4. The lowest BCUT2D eigenvalue weighted by Crippen LogP contribution is -2.02. The summed E-state index contributed by atoms with van der Waals surface area (Å²) in [5, 5.41) is 10.9. The summed E-state index contributed by atoms with van der Waals surface area (Å²) in [7, 11) is 4.65. The van der Waals surface area contributed by atoms with E-state index in [0.29, 0.717) is 33.4 Å². The van der Waals surface area contributed by atoms with Crippen LogP contribution in [0, 0.1) is 0 Å². The molecule has 1 N–H and O–H groups in total. The highest BCUT2D eigenvalue weighted by Gasteiger charge is 2.18. The van der Waals surface area contributed by atoms with Gasteiger partial charge in [0.15, 0.2) is 11.5 Å². The number of rotatable bonds is 5. The summed E-state index contributed by atoms with van der Waals surface area (Å²) in [4.78, 5) is 0. The largest absolute Gasteiger partial charge is 0.497 e. The number of aliphatic hydroxyl groups excluding tert-OH is 1. The fourth-order valence-corrected chi connectivity index (χ4v) is 2.33. The van der Waals surface area contributed by atoms with Crippen LogP contribution < -0.4 is 14.2 Å². The van der Waals surface area contributed by atoms with Gasteiger partial charge in [-0.25, -0.2) is 0 Å². The summed E-state index contributed by atoms with van der Waals surface area (Å²) in [6.45, 7) is 0. The topological polar surface area (TPSA) is 47.9 Å². The van der Waals surface area contributed by atoms with E-state index in [2.05, 4.69) is 0 Å². The van der Waals surface area contributed by atoms with Gasteiger partial charge in [0.2, 0.25) is 0 Å². The molecule has 0 aliphatic rings. The molecular weight excluding hydrogens is 292 g/mol. The van der Waals surface area contributed by atoms with Crippen molar-refractivity contribution < 1.29 is 19.3 Å². The van der Waals surface area contributed by atoms with Crippen molar-refractivity contribution in [3.8, 4) is 17.2 Å². The molecule has 4 nitrogen and oxygen atoms in total. The molecule has 21 heavy (non-hydrogen) atoms. The quantitative estimate of drug-likeness (QED) is 0.919. The number of methoxy groups -OCH3 is 3. The molecule has 0 bridgehead atoms. The highest BCUT2D eigenvalue weighted by molar-refractivity contribution is 6.31. The minimum Gasteiger partial charge on any atom is -0.497 e. The van der Waals surface area contributed by atoms with Crippen LogP contribution in [0.4, 0.5) is 0 Å². The Kier molecular flexibility index (Phi) is 4.94. The summed E-state index contributed by atoms with van der Waals surface area (Å²) in [6, 6.07) is 10.5. The predicted molar refractivity (Wildman–Crippen MR) is 81.6 cm³/mol. The second-order valence-corrected chi connectivity index (χ2v) is 4.82. The first kappa shape index (κ1) is 15.5. The molecule has 0 radical (unpaired) electrons. The minimum absolute atomic E-state index is 0.406. The highest BCUT2D eigenvalue weighted by atomic mass is 35.5. The molecule has 0 aliphatic carbocycles. The molecule has 0 aromatic heterocycles. The van der Waals surface area contributed by atoms with Crippen LogP contribution in [0.5, 0.6) is 17.2 Å². The highest BCUT2D eigenvalue weighted by Crippen LogP contribution is 2.38. The van der Waals surface area contributed by atoms with Crippen molar-refractivity contribution in [1.29, 1.82) is 0 Å². The third-order valence-corrected chi connectivity index (χ3v) is 3.53. The maximum absolute atomic E-state index is 10.5. The first-order chi connectivity index (χ1) is 10.1. The van der Waals surface area contributed by atoms with Crippen molar-refractivity contribution >= 4 is 11.6 Å². The summed E-state index contributed by atoms with van der Waals surface area (Å²) in [6.07, 6.45) is -0.882. The smallest absolute Gasteiger partial charge is 0.162 e. The summed E-state index contributed by atoms with van der Waals surface area (Å²) < 4.78 is 15.6. The van der Waals surface area contributed by atoms with Gasteiger partial charge in [0.1, 0.15) is 11.9 Å². The van der Waals surface area contributed by atoms with E-state index in [9.17, 15) is 5.11 Å². The van der Waals surface area contributed by atoms with Gasteiger partial charge in [0.25, 0.3) is 0 Å². The second-order valence-electron chi connectivity index (χ2n) is 4.41. The monoisotopic (exact) mass is 308 g/mol. The van der Waals surface area contributed by atoms with Crippen LogP contribution >= 0.6 is 11.6 Å². The lowest BCUT2D eigenvalue weighted by Gasteiger charge is -2.17. The molecule has 2 rings (SSSR count). The van der Waals surface area contributed by atoms with Crippen molar-refractivity contribution in [1.82, 2.24) is 0 Å². The van der Waals surface area contributed by atoms with E-state index < -0.39 is 6.10 Å². The number of ether oxygens (including phenoxy) is 3. The van der Waals surface area contributed by atoms with Gasteiger partial charge < -0.3 is 19.3 Å². The van der Waals surface area contributed by atoms with E-state index in [4.69, 9.17) is 25.8 Å². The van der Waals surface area contributed by atoms with Gasteiger partial charge in [-0.2, -0.15) is 0 Å². The van der Waals surface area contributed by atoms with Crippen molar-refractivity contribution in [2.75, 3.05) is 21.3 Å². The van der Waals surface area contributed by atoms with Crippen molar-refractivity contribution in [3.05, 3.63) is 52.5 Å². The second kappa shape index (κ2) is 6.70. The third-order valence-electron chi connectivity index (χ3n) is 3.21. The molecule has 5 heteroatoms. The van der Waals surface area contributed by atoms with E-state index in [1.54, 1.807) is 31.4 Å². The number of hydrogen-bond donors (Lipinski definition) is 1. The first-order valence-corrected chi connectivity index (χ1v) is 6.72. The standard InChI is InChI=1S/C16H17ClO4/c1-19-11-6-4-5-10(7-11)16(18)12-8-14(20-2)15(21-3)9-13(12)17/h4-9,16,18H,1-3H3. The average Bonchev–Trinajstić information content (AvgIpc) is 2.53. The van der Waals surface area contributed by atoms with Gasteiger partial charge in [-0.3, -0.25) is 0 Å². The number of benzene rings is 2. The van der Waals surface area contributed by atoms with Crippen molar-refractivity contribution in [3.63, 3.8) is 0 Å². The number of aliphatic hydroxyl groups is 1. The summed E-state index contributed by atoms with van der Waals surface area (Å²) in [5.74, 6) is 1.70. The van der Waals surface area contributed by atoms with E-state index >= 15 is 0 Å². The van der Waals surface area contributed by atoms with Crippen molar-refractivity contribution in [2.45, 2.75) is 6.10 Å². The lowest BCUT2D eigenvalue weighted by atomic mass is 10.0. The van der Waals surface area contributed by atoms with Crippen LogP contribution in [0.3, 0.4) is 0 Å². The van der Waals surface area contributed by atoms with Crippen LogP contribution in [0.1, 0.15) is 17.2 Å². The van der Waals surface area contributed by atoms with Gasteiger partial charge in [-0.15, -0.1) is 0 Å². The van der Waals surface area contributed by atoms with Crippen LogP contribution in [0.25, 0.3) is 0 Å². The molecule has 0 spiro atoms. The molecule has 2 aromatic rings. The zero-order valence-corrected chi connectivity index (χ0v) is 12.8. The zero-order chi connectivity index (χ0) is 15.4. The number of halogens is 1. The third kappa shape index (κ3) is 3.23. The Morgan fingerprint density at radius 3 is 2.24 bits per heavy atom. The first-order valence-electron chi connectivity index (χ1n) is 6.34. The molecule has 2 aromatic carbocycles. The van der Waals surface area contributed by atoms with Crippen LogP contribution in [0.15, 0.2) is 36.4 Å². The van der Waals surface area contributed by atoms with Crippen LogP contribution in [0.2, 0.25) is 5.02 Å². The minimum atomic E-state index is -0.882. The van der Waals surface area contributed by atoms with E-state index in [1.165, 1.54) is 14.2 Å². The Balaban J connectivity index is 2.44. The van der Waals surface area contributed by atoms with E-state index in [-0.39, 0.29) is 0 Å². The Labute approximate surface area is 128 Å². The van der Waals surface area contributed by atoms with Gasteiger partial charge in [-0.1, -0.05) is 23.7 Å². The van der Waals surface area contributed by atoms with Crippen LogP contribution in [-0.2, 0) is 0 Å². The molecule has 112 valence electrons. The summed E-state index contributed by atoms with van der Waals surface area (Å²) >= 11 is 6.23. The lowest BCUT2D eigenvalue weighted by molar-refractivity contribution is 0.219. The molecule has 1 unspecified atom stereocenters. The predicted octanol–water partition coefficient (Wildman–Crippen LogP) is 3.45. The fraction of sp³-hybridized carbons (Fsp3) is 0.250. The fourth-order valence-electron chi connectivity index (χ4n) is 2.07. The van der Waals surface area contributed by atoms with Crippen molar-refractivity contribution in [2.24, 2.45) is 0 Å². The molecule has 0 heterocycles. The average molecular weight is 309 g/mol. The Bertz CT molecular complexity index is 628. The maximum Gasteiger partial charge on any atom is 0.162 e. The van der Waals surface area contributed by atoms with E-state index in [1.807, 2.05) is 12.1 Å². The van der Waals surface area contributed by atoms with Gasteiger partial charge in [-0.05, 0) is 23.8 Å². The molecule has 0 saturated carbocycles. The normalized spacial score (nSPS) is 11.9. The maximum atomic E-state index is 10.5. The Morgan fingerprint density at radius 1 is 0.952 bits per heavy atom. The van der Waals surface area contributed by atoms with Gasteiger partial charge >= 0.3 is 0 Å². The molecule has 0 fully saturated rings. The Morgan fingerprint density at radius 2 is 1.62 bits per heavy atom. The molecule has 1 atom stereocenters. The van der Waals surface area contributed by atoms with E-state index in [0.717, 1.165) is 0 Å². The number of hydrogen-bond acceptors (Lipinski definition) is 4. The van der Waals surface area contributed by atoms with Crippen LogP contribution in [-0.4, -0.2) is 26.4 Å². The summed E-state index contributed by atoms with van der Waals surface area (Å²) in [5.41, 5.74) is 1.23.